The van der Waals surface area contributed by atoms with Gasteiger partial charge in [0, 0.05) is 12.3 Å². The highest BCUT2D eigenvalue weighted by Crippen LogP contribution is 2.06. The number of halogens is 1. The molecule has 0 N–H and O–H groups in total. The molecule has 0 aliphatic heterocycles. The SMILES string of the molecule is CCN=C(CC)c1ccc(F)cc1. The van der Waals surface area contributed by atoms with Gasteiger partial charge in [0.05, 0.1) is 0 Å². The summed E-state index contributed by atoms with van der Waals surface area (Å²) in [7, 11) is 0. The van der Waals surface area contributed by atoms with Gasteiger partial charge in [-0.05, 0) is 31.0 Å². The number of hydrogen-bond donors (Lipinski definition) is 0. The van der Waals surface area contributed by atoms with Gasteiger partial charge >= 0.3 is 0 Å². The first-order valence-electron chi connectivity index (χ1n) is 4.57. The summed E-state index contributed by atoms with van der Waals surface area (Å²) in [5, 5.41) is 0. The Hall–Kier alpha value is -1.18. The molecule has 70 valence electrons. The Balaban J connectivity index is 2.92. The number of hydrogen-bond acceptors (Lipinski definition) is 1. The van der Waals surface area contributed by atoms with Crippen LogP contribution in [-0.2, 0) is 0 Å². The molecule has 0 spiro atoms. The molecule has 0 bridgehead atoms. The fourth-order valence-corrected chi connectivity index (χ4v) is 1.24. The van der Waals surface area contributed by atoms with Crippen LogP contribution in [0.4, 0.5) is 4.39 Å². The summed E-state index contributed by atoms with van der Waals surface area (Å²) >= 11 is 0. The predicted molar refractivity (Wildman–Crippen MR) is 53.8 cm³/mol. The Morgan fingerprint density at radius 1 is 1.23 bits per heavy atom. The predicted octanol–water partition coefficient (Wildman–Crippen LogP) is 3.04. The van der Waals surface area contributed by atoms with E-state index in [0.717, 1.165) is 24.2 Å². The summed E-state index contributed by atoms with van der Waals surface area (Å²) in [6.07, 6.45) is 0.888. The molecule has 0 atom stereocenters. The molecule has 0 saturated carbocycles. The summed E-state index contributed by atoms with van der Waals surface area (Å²) in [4.78, 5) is 4.34. The lowest BCUT2D eigenvalue weighted by Crippen LogP contribution is -1.99. The van der Waals surface area contributed by atoms with E-state index in [9.17, 15) is 4.39 Å². The second kappa shape index (κ2) is 4.75. The first kappa shape index (κ1) is 9.90. The van der Waals surface area contributed by atoms with Crippen LogP contribution in [0, 0.1) is 5.82 Å². The molecule has 0 radical (unpaired) electrons. The number of rotatable bonds is 3. The van der Waals surface area contributed by atoms with Crippen LogP contribution in [0.15, 0.2) is 29.3 Å². The second-order valence-corrected chi connectivity index (χ2v) is 2.78. The van der Waals surface area contributed by atoms with E-state index in [2.05, 4.69) is 11.9 Å². The number of aliphatic imine (C=N–C) groups is 1. The third-order valence-corrected chi connectivity index (χ3v) is 1.86. The average molecular weight is 179 g/mol. The first-order chi connectivity index (χ1) is 6.27. The first-order valence-corrected chi connectivity index (χ1v) is 4.57. The van der Waals surface area contributed by atoms with Crippen molar-refractivity contribution >= 4 is 5.71 Å². The summed E-state index contributed by atoms with van der Waals surface area (Å²) in [5.74, 6) is -0.198. The molecule has 0 fully saturated rings. The van der Waals surface area contributed by atoms with Crippen LogP contribution in [0.1, 0.15) is 25.8 Å². The van der Waals surface area contributed by atoms with Crippen LogP contribution in [0.2, 0.25) is 0 Å². The van der Waals surface area contributed by atoms with E-state index < -0.39 is 0 Å². The van der Waals surface area contributed by atoms with E-state index in [1.54, 1.807) is 12.1 Å². The number of nitrogens with zero attached hydrogens (tertiary/aromatic N) is 1. The smallest absolute Gasteiger partial charge is 0.123 e. The molecule has 0 heterocycles. The van der Waals surface area contributed by atoms with E-state index in [4.69, 9.17) is 0 Å². The van der Waals surface area contributed by atoms with Gasteiger partial charge in [-0.3, -0.25) is 4.99 Å². The lowest BCUT2D eigenvalue weighted by atomic mass is 10.1. The van der Waals surface area contributed by atoms with Gasteiger partial charge in [-0.25, -0.2) is 4.39 Å². The minimum Gasteiger partial charge on any atom is -0.289 e. The van der Waals surface area contributed by atoms with Crippen LogP contribution in [0.3, 0.4) is 0 Å². The van der Waals surface area contributed by atoms with E-state index >= 15 is 0 Å². The second-order valence-electron chi connectivity index (χ2n) is 2.78. The minimum absolute atomic E-state index is 0.198. The largest absolute Gasteiger partial charge is 0.289 e. The van der Waals surface area contributed by atoms with Crippen molar-refractivity contribution in [2.24, 2.45) is 4.99 Å². The van der Waals surface area contributed by atoms with E-state index in [-0.39, 0.29) is 5.82 Å². The van der Waals surface area contributed by atoms with Crippen molar-refractivity contribution in [1.82, 2.24) is 0 Å². The Labute approximate surface area is 78.3 Å². The quantitative estimate of drug-likeness (QED) is 0.632. The zero-order valence-corrected chi connectivity index (χ0v) is 8.05. The molecule has 13 heavy (non-hydrogen) atoms. The van der Waals surface area contributed by atoms with Crippen molar-refractivity contribution < 1.29 is 4.39 Å². The van der Waals surface area contributed by atoms with Gasteiger partial charge in [-0.1, -0.05) is 19.1 Å². The molecule has 1 aromatic carbocycles. The normalized spacial score (nSPS) is 11.8. The van der Waals surface area contributed by atoms with E-state index in [0.29, 0.717) is 0 Å². The lowest BCUT2D eigenvalue weighted by molar-refractivity contribution is 0.627. The summed E-state index contributed by atoms with van der Waals surface area (Å²) < 4.78 is 12.6. The molecular weight excluding hydrogens is 165 g/mol. The van der Waals surface area contributed by atoms with Gasteiger partial charge in [-0.15, -0.1) is 0 Å². The van der Waals surface area contributed by atoms with Gasteiger partial charge in [0.1, 0.15) is 5.82 Å². The van der Waals surface area contributed by atoms with Gasteiger partial charge < -0.3 is 0 Å². The molecule has 1 nitrogen and oxygen atoms in total. The zero-order chi connectivity index (χ0) is 9.68. The summed E-state index contributed by atoms with van der Waals surface area (Å²) in [5.41, 5.74) is 2.06. The van der Waals surface area contributed by atoms with Crippen molar-refractivity contribution in [2.75, 3.05) is 6.54 Å². The van der Waals surface area contributed by atoms with E-state index in [1.165, 1.54) is 12.1 Å². The topological polar surface area (TPSA) is 12.4 Å². The van der Waals surface area contributed by atoms with Crippen LogP contribution >= 0.6 is 0 Å². The molecule has 0 unspecified atom stereocenters. The molecule has 1 aromatic rings. The van der Waals surface area contributed by atoms with Crippen LogP contribution in [0.25, 0.3) is 0 Å². The third-order valence-electron chi connectivity index (χ3n) is 1.86. The maximum Gasteiger partial charge on any atom is 0.123 e. The van der Waals surface area contributed by atoms with Crippen LogP contribution < -0.4 is 0 Å². The van der Waals surface area contributed by atoms with Crippen molar-refractivity contribution in [1.29, 1.82) is 0 Å². The van der Waals surface area contributed by atoms with Crippen molar-refractivity contribution in [3.8, 4) is 0 Å². The van der Waals surface area contributed by atoms with Crippen molar-refractivity contribution in [3.63, 3.8) is 0 Å². The molecule has 0 aliphatic carbocycles. The summed E-state index contributed by atoms with van der Waals surface area (Å²) in [6, 6.07) is 6.48. The average Bonchev–Trinajstić information content (AvgIpc) is 2.16. The molecule has 0 saturated heterocycles. The molecule has 1 rings (SSSR count). The highest BCUT2D eigenvalue weighted by Gasteiger charge is 1.99. The highest BCUT2D eigenvalue weighted by atomic mass is 19.1. The molecule has 0 aliphatic rings. The van der Waals surface area contributed by atoms with Crippen LogP contribution in [-0.4, -0.2) is 12.3 Å². The number of benzene rings is 1. The maximum atomic E-state index is 12.6. The van der Waals surface area contributed by atoms with Gasteiger partial charge in [-0.2, -0.15) is 0 Å². The minimum atomic E-state index is -0.198. The van der Waals surface area contributed by atoms with Crippen LogP contribution in [0.5, 0.6) is 0 Å². The fraction of sp³-hybridized carbons (Fsp3) is 0.364. The molecule has 2 heteroatoms. The Kier molecular flexibility index (Phi) is 3.62. The van der Waals surface area contributed by atoms with E-state index in [1.807, 2.05) is 6.92 Å². The maximum absolute atomic E-state index is 12.6. The standard InChI is InChI=1S/C11H14FN/c1-3-11(13-4-2)9-5-7-10(12)8-6-9/h5-8H,3-4H2,1-2H3. The van der Waals surface area contributed by atoms with Gasteiger partial charge in [0.15, 0.2) is 0 Å². The lowest BCUT2D eigenvalue weighted by Gasteiger charge is -2.02. The molecule has 0 amide bonds. The van der Waals surface area contributed by atoms with Crippen molar-refractivity contribution in [2.45, 2.75) is 20.3 Å². The Morgan fingerprint density at radius 2 is 1.85 bits per heavy atom. The zero-order valence-electron chi connectivity index (χ0n) is 8.05. The Morgan fingerprint density at radius 3 is 2.31 bits per heavy atom. The molecular formula is C11H14FN. The molecule has 0 aromatic heterocycles. The summed E-state index contributed by atoms with van der Waals surface area (Å²) in [6.45, 7) is 4.83. The van der Waals surface area contributed by atoms with Gasteiger partial charge in [0.25, 0.3) is 0 Å². The van der Waals surface area contributed by atoms with Gasteiger partial charge in [0.2, 0.25) is 0 Å². The Bertz CT molecular complexity index is 287. The third kappa shape index (κ3) is 2.65. The fourth-order valence-electron chi connectivity index (χ4n) is 1.24. The monoisotopic (exact) mass is 179 g/mol. The van der Waals surface area contributed by atoms with Crippen molar-refractivity contribution in [3.05, 3.63) is 35.6 Å². The highest BCUT2D eigenvalue weighted by molar-refractivity contribution is 6.00.